The van der Waals surface area contributed by atoms with Crippen LogP contribution in [-0.2, 0) is 14.2 Å². The molecule has 4 atom stereocenters. The topological polar surface area (TPSA) is 68.2 Å². The van der Waals surface area contributed by atoms with Gasteiger partial charge in [-0.15, -0.1) is 0 Å². The number of rotatable bonds is 34. The summed E-state index contributed by atoms with van der Waals surface area (Å²) in [7, 11) is 0. The molecule has 1 aliphatic rings. The van der Waals surface area contributed by atoms with Gasteiger partial charge in [-0.2, -0.15) is 0 Å². The van der Waals surface area contributed by atoms with Crippen LogP contribution in [-0.4, -0.2) is 57.9 Å². The second-order valence-corrected chi connectivity index (χ2v) is 15.1. The Morgan fingerprint density at radius 3 is 1.28 bits per heavy atom. The fourth-order valence-electron chi connectivity index (χ4n) is 6.66. The van der Waals surface area contributed by atoms with Crippen LogP contribution in [0.3, 0.4) is 0 Å². The monoisotopic (exact) mass is 701 g/mol. The molecule has 0 bridgehead atoms. The van der Waals surface area contributed by atoms with Crippen molar-refractivity contribution in [1.29, 1.82) is 0 Å². The van der Waals surface area contributed by atoms with E-state index in [1.54, 1.807) is 0 Å². The summed E-state index contributed by atoms with van der Waals surface area (Å²) in [4.78, 5) is 0. The largest absolute Gasteiger partial charge is 0.479 e. The fraction of sp³-hybridized carbons (Fsp3) is 0.950. The van der Waals surface area contributed by atoms with Crippen molar-refractivity contribution in [3.63, 3.8) is 0 Å². The van der Waals surface area contributed by atoms with Crippen molar-refractivity contribution in [1.82, 2.24) is 0 Å². The van der Waals surface area contributed by atoms with E-state index in [4.69, 9.17) is 38.6 Å². The van der Waals surface area contributed by atoms with Crippen molar-refractivity contribution in [2.45, 2.75) is 231 Å². The molecule has 1 fully saturated rings. The molecule has 0 aromatic carbocycles. The second-order valence-electron chi connectivity index (χ2n) is 14.2. The number of unbranched alkanes of at least 4 members (excludes halogenated alkanes) is 26. The van der Waals surface area contributed by atoms with Gasteiger partial charge < -0.3 is 24.4 Å². The average Bonchev–Trinajstić information content (AvgIpc) is 3.42. The molecule has 1 rings (SSSR count). The van der Waals surface area contributed by atoms with Crippen molar-refractivity contribution in [3.8, 4) is 0 Å². The first-order valence-electron chi connectivity index (χ1n) is 20.3. The van der Waals surface area contributed by atoms with Gasteiger partial charge in [0.1, 0.15) is 12.2 Å². The maximum atomic E-state index is 10.5. The average molecular weight is 701 g/mol. The normalized spacial score (nSPS) is 18.4. The van der Waals surface area contributed by atoms with Crippen LogP contribution in [0.4, 0.5) is 0 Å². The van der Waals surface area contributed by atoms with E-state index >= 15 is 0 Å². The summed E-state index contributed by atoms with van der Waals surface area (Å²) in [6.45, 7) is 4.44. The molecule has 0 aliphatic carbocycles. The van der Waals surface area contributed by atoms with Gasteiger partial charge in [0.2, 0.25) is 0 Å². The van der Waals surface area contributed by atoms with Gasteiger partial charge in [0, 0.05) is 12.8 Å². The Bertz CT molecular complexity index is 721. The highest BCUT2D eigenvalue weighted by atomic mass is 32.1. The zero-order chi connectivity index (χ0) is 34.2. The van der Waals surface area contributed by atoms with Gasteiger partial charge in [-0.25, -0.2) is 0 Å². The van der Waals surface area contributed by atoms with E-state index in [1.807, 2.05) is 0 Å². The van der Waals surface area contributed by atoms with E-state index in [1.165, 1.54) is 154 Å². The molecule has 2 N–H and O–H groups in total. The Hall–Kier alpha value is -0.340. The minimum atomic E-state index is -0.800. The van der Waals surface area contributed by atoms with Gasteiger partial charge >= 0.3 is 0 Å². The predicted octanol–water partition coefficient (Wildman–Crippen LogP) is 11.9. The lowest BCUT2D eigenvalue weighted by atomic mass is 10.0. The predicted molar refractivity (Wildman–Crippen MR) is 208 cm³/mol. The summed E-state index contributed by atoms with van der Waals surface area (Å²) in [5.41, 5.74) is 0. The molecule has 7 heteroatoms. The molecule has 278 valence electrons. The van der Waals surface area contributed by atoms with E-state index < -0.39 is 24.4 Å². The number of thiocarbonyl (C=S) groups is 2. The summed E-state index contributed by atoms with van der Waals surface area (Å²) in [5, 5.41) is 21.6. The van der Waals surface area contributed by atoms with Crippen LogP contribution >= 0.6 is 24.4 Å². The lowest BCUT2D eigenvalue weighted by molar-refractivity contribution is -0.0577. The number of aliphatic hydroxyl groups is 2. The zero-order valence-corrected chi connectivity index (χ0v) is 32.5. The molecule has 1 aliphatic heterocycles. The summed E-state index contributed by atoms with van der Waals surface area (Å²) in [6, 6.07) is 0. The van der Waals surface area contributed by atoms with Gasteiger partial charge in [0.25, 0.3) is 0 Å². The van der Waals surface area contributed by atoms with Crippen LogP contribution in [0, 0.1) is 0 Å². The molecule has 0 aromatic heterocycles. The molecule has 47 heavy (non-hydrogen) atoms. The lowest BCUT2D eigenvalue weighted by Gasteiger charge is -2.28. The standard InChI is InChI=1S/C40H76O5S2/c1-3-5-7-9-11-13-15-17-19-21-23-25-27-29-31-37(46)44-36(33-41)40-39(35(42)34-43-40)45-38(47)32-30-28-26-24-22-20-18-16-14-12-10-8-6-4-2/h35-36,39-42H,3-34H2,1-2H3/t35-,36+,39-,40-/m1/s1. The van der Waals surface area contributed by atoms with Crippen molar-refractivity contribution < 1.29 is 24.4 Å². The van der Waals surface area contributed by atoms with Gasteiger partial charge in [0.15, 0.2) is 22.3 Å². The molecule has 0 unspecified atom stereocenters. The minimum Gasteiger partial charge on any atom is -0.479 e. The Morgan fingerprint density at radius 2 is 0.915 bits per heavy atom. The first kappa shape index (κ1) is 44.7. The van der Waals surface area contributed by atoms with Crippen LogP contribution in [0.5, 0.6) is 0 Å². The third-order valence-corrected chi connectivity index (χ3v) is 10.3. The van der Waals surface area contributed by atoms with E-state index in [0.717, 1.165) is 25.7 Å². The fourth-order valence-corrected chi connectivity index (χ4v) is 7.18. The van der Waals surface area contributed by atoms with Crippen molar-refractivity contribution >= 4 is 34.5 Å². The van der Waals surface area contributed by atoms with E-state index in [2.05, 4.69) is 13.8 Å². The minimum absolute atomic E-state index is 0.141. The third-order valence-electron chi connectivity index (χ3n) is 9.73. The molecular weight excluding hydrogens is 625 g/mol. The molecule has 0 aromatic rings. The van der Waals surface area contributed by atoms with Crippen molar-refractivity contribution in [2.24, 2.45) is 0 Å². The molecule has 0 spiro atoms. The van der Waals surface area contributed by atoms with Crippen LogP contribution < -0.4 is 0 Å². The summed E-state index contributed by atoms with van der Waals surface area (Å²) in [5.74, 6) is 0. The Labute approximate surface area is 302 Å². The third kappa shape index (κ3) is 25.3. The Balaban J connectivity index is 2.10. The van der Waals surface area contributed by atoms with Crippen LogP contribution in [0.15, 0.2) is 0 Å². The highest BCUT2D eigenvalue weighted by Gasteiger charge is 2.44. The molecule has 1 heterocycles. The lowest BCUT2D eigenvalue weighted by Crippen LogP contribution is -2.45. The van der Waals surface area contributed by atoms with Gasteiger partial charge in [-0.05, 0) is 37.3 Å². The first-order chi connectivity index (χ1) is 23.0. The molecule has 0 amide bonds. The Morgan fingerprint density at radius 1 is 0.574 bits per heavy atom. The summed E-state index contributed by atoms with van der Waals surface area (Å²) >= 11 is 11.0. The van der Waals surface area contributed by atoms with Crippen molar-refractivity contribution in [3.05, 3.63) is 0 Å². The van der Waals surface area contributed by atoms with Crippen LogP contribution in [0.2, 0.25) is 0 Å². The smallest absolute Gasteiger partial charge is 0.160 e. The number of aliphatic hydroxyl groups excluding tert-OH is 2. The van der Waals surface area contributed by atoms with E-state index in [9.17, 15) is 10.2 Å². The molecular formula is C40H76O5S2. The molecule has 0 saturated carbocycles. The maximum Gasteiger partial charge on any atom is 0.160 e. The summed E-state index contributed by atoms with van der Waals surface area (Å²) in [6.07, 6.45) is 35.6. The Kier molecular flexibility index (Phi) is 31.2. The molecule has 1 saturated heterocycles. The van der Waals surface area contributed by atoms with Crippen LogP contribution in [0.25, 0.3) is 0 Å². The maximum absolute atomic E-state index is 10.5. The first-order valence-corrected chi connectivity index (χ1v) is 21.1. The van der Waals surface area contributed by atoms with Gasteiger partial charge in [0.05, 0.1) is 13.2 Å². The number of ether oxygens (including phenoxy) is 3. The summed E-state index contributed by atoms with van der Waals surface area (Å²) < 4.78 is 17.8. The number of hydrogen-bond donors (Lipinski definition) is 2. The van der Waals surface area contributed by atoms with E-state index in [-0.39, 0.29) is 13.2 Å². The van der Waals surface area contributed by atoms with Crippen LogP contribution in [0.1, 0.15) is 206 Å². The van der Waals surface area contributed by atoms with Gasteiger partial charge in [-0.3, -0.25) is 0 Å². The SMILES string of the molecule is CCCCCCCCCCCCCCCCC(=S)O[C@H]1[C@@H]([C@H](CO)OC(=S)CCCCCCCCCCCCCCCC)OC[C@H]1O. The number of hydrogen-bond acceptors (Lipinski definition) is 7. The van der Waals surface area contributed by atoms with E-state index in [0.29, 0.717) is 22.9 Å². The zero-order valence-electron chi connectivity index (χ0n) is 30.9. The molecule has 5 nitrogen and oxygen atoms in total. The quantitative estimate of drug-likeness (QED) is 0.0511. The van der Waals surface area contributed by atoms with Crippen molar-refractivity contribution in [2.75, 3.05) is 13.2 Å². The van der Waals surface area contributed by atoms with Gasteiger partial charge in [-0.1, -0.05) is 181 Å². The highest BCUT2D eigenvalue weighted by Crippen LogP contribution is 2.25. The highest BCUT2D eigenvalue weighted by molar-refractivity contribution is 7.80. The molecule has 0 radical (unpaired) electrons. The second kappa shape index (κ2) is 32.8.